The third kappa shape index (κ3) is 6.34. The van der Waals surface area contributed by atoms with Crippen LogP contribution < -0.4 is 4.74 Å². The molecule has 4 rings (SSSR count). The highest BCUT2D eigenvalue weighted by molar-refractivity contribution is 5.98. The Morgan fingerprint density at radius 3 is 1.97 bits per heavy atom. The van der Waals surface area contributed by atoms with E-state index >= 15 is 0 Å². The zero-order valence-corrected chi connectivity index (χ0v) is 19.6. The maximum Gasteiger partial charge on any atom is 0.119 e. The number of ether oxygens (including phenoxy) is 1. The Labute approximate surface area is 198 Å². The van der Waals surface area contributed by atoms with Gasteiger partial charge in [-0.15, -0.1) is 0 Å². The Balaban J connectivity index is 1.52. The van der Waals surface area contributed by atoms with E-state index < -0.39 is 6.10 Å². The lowest BCUT2D eigenvalue weighted by molar-refractivity contribution is 0.0617. The van der Waals surface area contributed by atoms with Crippen LogP contribution in [-0.2, 0) is 0 Å². The van der Waals surface area contributed by atoms with Crippen molar-refractivity contribution in [3.8, 4) is 5.75 Å². The molecule has 0 aliphatic carbocycles. The average molecular weight is 442 g/mol. The quantitative estimate of drug-likeness (QED) is 0.397. The van der Waals surface area contributed by atoms with Crippen LogP contribution in [0, 0.1) is 0 Å². The van der Waals surface area contributed by atoms with Gasteiger partial charge in [0.05, 0.1) is 0 Å². The molecule has 1 heterocycles. The molecule has 1 saturated heterocycles. The Morgan fingerprint density at radius 2 is 1.36 bits per heavy atom. The SMILES string of the molecule is CC/C(=C(\c1ccccc1)c1ccc(OCC(O)CN2CCCCC2)cc1)c1ccccc1. The summed E-state index contributed by atoms with van der Waals surface area (Å²) in [5.41, 5.74) is 6.21. The summed E-state index contributed by atoms with van der Waals surface area (Å²) in [7, 11) is 0. The molecule has 0 aromatic heterocycles. The molecule has 1 N–H and O–H groups in total. The van der Waals surface area contributed by atoms with Crippen LogP contribution >= 0.6 is 0 Å². The van der Waals surface area contributed by atoms with Crippen LogP contribution in [0.3, 0.4) is 0 Å². The smallest absolute Gasteiger partial charge is 0.119 e. The Bertz CT molecular complexity index is 1010. The van der Waals surface area contributed by atoms with Crippen molar-refractivity contribution in [2.45, 2.75) is 38.7 Å². The molecular formula is C30H35NO2. The van der Waals surface area contributed by atoms with Crippen molar-refractivity contribution in [2.75, 3.05) is 26.2 Å². The second-order valence-electron chi connectivity index (χ2n) is 8.79. The number of benzene rings is 3. The summed E-state index contributed by atoms with van der Waals surface area (Å²) < 4.78 is 5.93. The molecule has 3 nitrogen and oxygen atoms in total. The lowest BCUT2D eigenvalue weighted by Gasteiger charge is -2.28. The van der Waals surface area contributed by atoms with Crippen molar-refractivity contribution in [2.24, 2.45) is 0 Å². The van der Waals surface area contributed by atoms with E-state index in [1.165, 1.54) is 47.1 Å². The highest BCUT2D eigenvalue weighted by atomic mass is 16.5. The first-order valence-electron chi connectivity index (χ1n) is 12.2. The molecule has 0 spiro atoms. The average Bonchev–Trinajstić information content (AvgIpc) is 2.88. The molecule has 3 heteroatoms. The van der Waals surface area contributed by atoms with Crippen molar-refractivity contribution >= 4 is 11.1 Å². The minimum Gasteiger partial charge on any atom is -0.491 e. The van der Waals surface area contributed by atoms with Gasteiger partial charge in [-0.2, -0.15) is 0 Å². The number of rotatable bonds is 9. The largest absolute Gasteiger partial charge is 0.491 e. The zero-order chi connectivity index (χ0) is 22.9. The van der Waals surface area contributed by atoms with Crippen molar-refractivity contribution in [3.63, 3.8) is 0 Å². The fraction of sp³-hybridized carbons (Fsp3) is 0.333. The number of aliphatic hydroxyl groups excluding tert-OH is 1. The minimum absolute atomic E-state index is 0.321. The second kappa shape index (κ2) is 11.8. The highest BCUT2D eigenvalue weighted by Gasteiger charge is 2.16. The first kappa shape index (κ1) is 23.3. The molecule has 1 unspecified atom stereocenters. The van der Waals surface area contributed by atoms with Crippen molar-refractivity contribution < 1.29 is 9.84 Å². The molecule has 172 valence electrons. The maximum atomic E-state index is 10.4. The molecule has 0 bridgehead atoms. The first-order valence-corrected chi connectivity index (χ1v) is 12.2. The van der Waals surface area contributed by atoms with Gasteiger partial charge in [0.2, 0.25) is 0 Å². The monoisotopic (exact) mass is 441 g/mol. The fourth-order valence-electron chi connectivity index (χ4n) is 4.69. The molecule has 0 radical (unpaired) electrons. The van der Waals surface area contributed by atoms with Gasteiger partial charge in [0.25, 0.3) is 0 Å². The first-order chi connectivity index (χ1) is 16.2. The minimum atomic E-state index is -0.465. The van der Waals surface area contributed by atoms with Crippen LogP contribution in [0.2, 0.25) is 0 Å². The highest BCUT2D eigenvalue weighted by Crippen LogP contribution is 2.34. The summed E-state index contributed by atoms with van der Waals surface area (Å²) >= 11 is 0. The molecule has 3 aromatic carbocycles. The van der Waals surface area contributed by atoms with E-state index in [1.54, 1.807) is 0 Å². The summed E-state index contributed by atoms with van der Waals surface area (Å²) in [4.78, 5) is 2.34. The number of nitrogens with zero attached hydrogens (tertiary/aromatic N) is 1. The molecule has 1 aliphatic rings. The summed E-state index contributed by atoms with van der Waals surface area (Å²) in [5.74, 6) is 0.793. The molecule has 0 amide bonds. The van der Waals surface area contributed by atoms with Crippen LogP contribution in [0.25, 0.3) is 11.1 Å². The number of likely N-dealkylation sites (tertiary alicyclic amines) is 1. The number of aliphatic hydroxyl groups is 1. The van der Waals surface area contributed by atoms with Gasteiger partial charge in [-0.05, 0) is 72.3 Å². The van der Waals surface area contributed by atoms with Crippen LogP contribution in [-0.4, -0.2) is 42.4 Å². The van der Waals surface area contributed by atoms with E-state index in [2.05, 4.69) is 84.6 Å². The van der Waals surface area contributed by atoms with Crippen LogP contribution in [0.4, 0.5) is 0 Å². The van der Waals surface area contributed by atoms with E-state index in [9.17, 15) is 5.11 Å². The molecule has 0 saturated carbocycles. The van der Waals surface area contributed by atoms with Crippen molar-refractivity contribution in [1.82, 2.24) is 4.90 Å². The number of hydrogen-bond donors (Lipinski definition) is 1. The van der Waals surface area contributed by atoms with Gasteiger partial charge in [-0.3, -0.25) is 0 Å². The Morgan fingerprint density at radius 1 is 0.788 bits per heavy atom. The summed E-state index contributed by atoms with van der Waals surface area (Å²) in [6.07, 6.45) is 4.24. The van der Waals surface area contributed by atoms with Gasteiger partial charge in [-0.25, -0.2) is 0 Å². The van der Waals surface area contributed by atoms with E-state index in [0.29, 0.717) is 13.2 Å². The van der Waals surface area contributed by atoms with Gasteiger partial charge >= 0.3 is 0 Å². The lowest BCUT2D eigenvalue weighted by Crippen LogP contribution is -2.38. The predicted molar refractivity (Wildman–Crippen MR) is 137 cm³/mol. The number of hydrogen-bond acceptors (Lipinski definition) is 3. The van der Waals surface area contributed by atoms with Gasteiger partial charge in [-0.1, -0.05) is 86.1 Å². The Kier molecular flexibility index (Phi) is 8.35. The molecular weight excluding hydrogens is 406 g/mol. The van der Waals surface area contributed by atoms with E-state index in [4.69, 9.17) is 4.74 Å². The standard InChI is InChI=1S/C30H35NO2/c1-2-29(24-12-6-3-7-13-24)30(25-14-8-4-9-15-25)26-16-18-28(19-17-26)33-23-27(32)22-31-20-10-5-11-21-31/h3-4,6-9,12-19,27,32H,2,5,10-11,20-23H2,1H3/b30-29-. The summed E-state index contributed by atoms with van der Waals surface area (Å²) in [6.45, 7) is 5.40. The molecule has 3 aromatic rings. The van der Waals surface area contributed by atoms with E-state index in [0.717, 1.165) is 25.3 Å². The topological polar surface area (TPSA) is 32.7 Å². The van der Waals surface area contributed by atoms with E-state index in [1.807, 2.05) is 12.1 Å². The number of piperidine rings is 1. The third-order valence-corrected chi connectivity index (χ3v) is 6.34. The second-order valence-corrected chi connectivity index (χ2v) is 8.79. The molecule has 1 atom stereocenters. The Hall–Kier alpha value is -2.88. The zero-order valence-electron chi connectivity index (χ0n) is 19.6. The number of β-amino-alcohol motifs (C(OH)–C–C–N with tert-alkyl or cyclic N) is 1. The molecule has 1 fully saturated rings. The molecule has 1 aliphatic heterocycles. The predicted octanol–water partition coefficient (Wildman–Crippen LogP) is 6.28. The van der Waals surface area contributed by atoms with Gasteiger partial charge in [0.1, 0.15) is 18.5 Å². The summed E-state index contributed by atoms with van der Waals surface area (Å²) in [5, 5.41) is 10.4. The fourth-order valence-corrected chi connectivity index (χ4v) is 4.69. The van der Waals surface area contributed by atoms with Crippen LogP contribution in [0.15, 0.2) is 84.9 Å². The normalized spacial score (nSPS) is 16.2. The van der Waals surface area contributed by atoms with Gasteiger partial charge in [0.15, 0.2) is 0 Å². The van der Waals surface area contributed by atoms with E-state index in [-0.39, 0.29) is 0 Å². The van der Waals surface area contributed by atoms with Gasteiger partial charge < -0.3 is 14.7 Å². The van der Waals surface area contributed by atoms with Crippen molar-refractivity contribution in [1.29, 1.82) is 0 Å². The van der Waals surface area contributed by atoms with Crippen LogP contribution in [0.1, 0.15) is 49.3 Å². The summed E-state index contributed by atoms with van der Waals surface area (Å²) in [6, 6.07) is 29.5. The van der Waals surface area contributed by atoms with Crippen molar-refractivity contribution in [3.05, 3.63) is 102 Å². The third-order valence-electron chi connectivity index (χ3n) is 6.34. The van der Waals surface area contributed by atoms with Gasteiger partial charge in [0, 0.05) is 6.54 Å². The number of allylic oxidation sites excluding steroid dienone is 1. The maximum absolute atomic E-state index is 10.4. The molecule has 33 heavy (non-hydrogen) atoms. The van der Waals surface area contributed by atoms with Crippen LogP contribution in [0.5, 0.6) is 5.75 Å². The lowest BCUT2D eigenvalue weighted by atomic mass is 9.88.